The quantitative estimate of drug-likeness (QED) is 0.437. The summed E-state index contributed by atoms with van der Waals surface area (Å²) < 4.78 is 0. The summed E-state index contributed by atoms with van der Waals surface area (Å²) in [6.45, 7) is 4.10. The van der Waals surface area contributed by atoms with Crippen molar-refractivity contribution in [3.63, 3.8) is 0 Å². The van der Waals surface area contributed by atoms with Crippen LogP contribution in [0, 0.1) is 13.8 Å². The number of benzene rings is 2. The number of carbonyl (C=O) groups excluding carboxylic acids is 2. The Kier molecular flexibility index (Phi) is 8.02. The fraction of sp³-hybridized carbons (Fsp3) is 0.286. The van der Waals surface area contributed by atoms with Gasteiger partial charge in [-0.15, -0.1) is 0 Å². The Hall–Kier alpha value is -3.55. The molecular formula is C21H26N4O4. The predicted molar refractivity (Wildman–Crippen MR) is 112 cm³/mol. The van der Waals surface area contributed by atoms with Crippen LogP contribution in [0.5, 0.6) is 0 Å². The van der Waals surface area contributed by atoms with Crippen LogP contribution in [0.25, 0.3) is 0 Å². The second kappa shape index (κ2) is 10.7. The van der Waals surface area contributed by atoms with E-state index in [2.05, 4.69) is 21.3 Å². The van der Waals surface area contributed by atoms with Crippen LogP contribution in [-0.2, 0) is 4.79 Å². The molecule has 0 heterocycles. The lowest BCUT2D eigenvalue weighted by Crippen LogP contribution is -2.43. The molecule has 0 aliphatic heterocycles. The predicted octanol–water partition coefficient (Wildman–Crippen LogP) is 3.48. The molecule has 2 aromatic rings. The third-order valence-electron chi connectivity index (χ3n) is 4.11. The minimum atomic E-state index is -1.13. The zero-order valence-electron chi connectivity index (χ0n) is 16.5. The van der Waals surface area contributed by atoms with Crippen molar-refractivity contribution in [2.24, 2.45) is 0 Å². The molecule has 0 aliphatic rings. The largest absolute Gasteiger partial charge is 0.480 e. The highest BCUT2D eigenvalue weighted by Crippen LogP contribution is 2.10. The van der Waals surface area contributed by atoms with Crippen molar-refractivity contribution in [1.29, 1.82) is 0 Å². The first-order chi connectivity index (χ1) is 13.8. The highest BCUT2D eigenvalue weighted by atomic mass is 16.4. The number of hydrogen-bond acceptors (Lipinski definition) is 3. The lowest BCUT2D eigenvalue weighted by molar-refractivity contribution is -0.139. The zero-order chi connectivity index (χ0) is 21.2. The van der Waals surface area contributed by atoms with E-state index in [1.807, 2.05) is 38.1 Å². The van der Waals surface area contributed by atoms with E-state index in [-0.39, 0.29) is 19.0 Å². The van der Waals surface area contributed by atoms with Gasteiger partial charge in [0, 0.05) is 17.9 Å². The molecule has 0 spiro atoms. The first-order valence-electron chi connectivity index (χ1n) is 9.32. The van der Waals surface area contributed by atoms with E-state index in [1.165, 1.54) is 0 Å². The fourth-order valence-corrected chi connectivity index (χ4v) is 2.71. The summed E-state index contributed by atoms with van der Waals surface area (Å²) in [5, 5.41) is 19.8. The molecule has 0 unspecified atom stereocenters. The molecule has 0 saturated heterocycles. The topological polar surface area (TPSA) is 120 Å². The van der Waals surface area contributed by atoms with Gasteiger partial charge in [-0.2, -0.15) is 0 Å². The van der Waals surface area contributed by atoms with Crippen LogP contribution in [0.4, 0.5) is 21.0 Å². The lowest BCUT2D eigenvalue weighted by Gasteiger charge is -2.15. The third-order valence-corrected chi connectivity index (χ3v) is 4.11. The Morgan fingerprint density at radius 1 is 0.897 bits per heavy atom. The van der Waals surface area contributed by atoms with Crippen molar-refractivity contribution < 1.29 is 19.5 Å². The maximum Gasteiger partial charge on any atom is 0.326 e. The smallest absolute Gasteiger partial charge is 0.326 e. The normalized spacial score (nSPS) is 11.2. The summed E-state index contributed by atoms with van der Waals surface area (Å²) in [6.07, 6.45) is 0.574. The summed E-state index contributed by atoms with van der Waals surface area (Å²) in [4.78, 5) is 35.3. The van der Waals surface area contributed by atoms with Gasteiger partial charge in [0.1, 0.15) is 6.04 Å². The summed E-state index contributed by atoms with van der Waals surface area (Å²) in [7, 11) is 0. The molecule has 0 fully saturated rings. The van der Waals surface area contributed by atoms with Gasteiger partial charge in [-0.05, 0) is 62.1 Å². The second-order valence-electron chi connectivity index (χ2n) is 6.75. The summed E-state index contributed by atoms with van der Waals surface area (Å²) in [5.41, 5.74) is 3.27. The molecule has 1 atom stereocenters. The summed E-state index contributed by atoms with van der Waals surface area (Å²) in [6, 6.07) is 12.6. The molecule has 5 N–H and O–H groups in total. The Balaban J connectivity index is 1.73. The van der Waals surface area contributed by atoms with E-state index >= 15 is 0 Å². The molecule has 0 radical (unpaired) electrons. The average molecular weight is 398 g/mol. The molecule has 2 aromatic carbocycles. The van der Waals surface area contributed by atoms with Gasteiger partial charge in [0.15, 0.2) is 0 Å². The van der Waals surface area contributed by atoms with E-state index in [4.69, 9.17) is 0 Å². The molecule has 0 aromatic heterocycles. The highest BCUT2D eigenvalue weighted by Gasteiger charge is 2.19. The van der Waals surface area contributed by atoms with E-state index < -0.39 is 18.0 Å². The van der Waals surface area contributed by atoms with Gasteiger partial charge in [-0.25, -0.2) is 14.4 Å². The molecule has 0 bridgehead atoms. The van der Waals surface area contributed by atoms with Crippen LogP contribution in [0.2, 0.25) is 0 Å². The number of urea groups is 2. The van der Waals surface area contributed by atoms with Crippen LogP contribution in [0.1, 0.15) is 24.0 Å². The second-order valence-corrected chi connectivity index (χ2v) is 6.75. The maximum atomic E-state index is 12.0. The molecule has 29 heavy (non-hydrogen) atoms. The SMILES string of the molecule is Cc1cccc(NC(=O)NCCC[C@H](NC(=O)Nc2cccc(C)c2)C(=O)O)c1. The number of carboxylic acid groups (broad SMARTS) is 1. The van der Waals surface area contributed by atoms with Crippen molar-refractivity contribution in [2.75, 3.05) is 17.2 Å². The standard InChI is InChI=1S/C21H26N4O4/c1-14-6-3-8-16(12-14)23-20(28)22-11-5-10-18(19(26)27)25-21(29)24-17-9-4-7-15(2)13-17/h3-4,6-9,12-13,18H,5,10-11H2,1-2H3,(H,26,27)(H2,22,23,28)(H2,24,25,29)/t18-/m0/s1. The molecule has 0 aliphatic carbocycles. The first-order valence-corrected chi connectivity index (χ1v) is 9.32. The summed E-state index contributed by atoms with van der Waals surface area (Å²) >= 11 is 0. The van der Waals surface area contributed by atoms with E-state index in [0.29, 0.717) is 17.8 Å². The molecule has 2 rings (SSSR count). The Labute approximate surface area is 169 Å². The maximum absolute atomic E-state index is 12.0. The van der Waals surface area contributed by atoms with Crippen LogP contribution >= 0.6 is 0 Å². The molecule has 0 saturated carbocycles. The van der Waals surface area contributed by atoms with Gasteiger partial charge in [-0.1, -0.05) is 24.3 Å². The van der Waals surface area contributed by atoms with Crippen molar-refractivity contribution in [3.8, 4) is 0 Å². The summed E-state index contributed by atoms with van der Waals surface area (Å²) in [5.74, 6) is -1.13. The van der Waals surface area contributed by atoms with Crippen molar-refractivity contribution in [2.45, 2.75) is 32.7 Å². The van der Waals surface area contributed by atoms with E-state index in [1.54, 1.807) is 24.3 Å². The number of aliphatic carboxylic acids is 1. The fourth-order valence-electron chi connectivity index (χ4n) is 2.71. The lowest BCUT2D eigenvalue weighted by atomic mass is 10.1. The van der Waals surface area contributed by atoms with Crippen molar-refractivity contribution >= 4 is 29.4 Å². The van der Waals surface area contributed by atoms with Gasteiger partial charge < -0.3 is 26.4 Å². The number of carbonyl (C=O) groups is 3. The molecule has 8 nitrogen and oxygen atoms in total. The van der Waals surface area contributed by atoms with Crippen LogP contribution in [-0.4, -0.2) is 35.7 Å². The average Bonchev–Trinajstić information content (AvgIpc) is 2.64. The molecular weight excluding hydrogens is 372 g/mol. The zero-order valence-corrected chi connectivity index (χ0v) is 16.5. The van der Waals surface area contributed by atoms with E-state index in [9.17, 15) is 19.5 Å². The van der Waals surface area contributed by atoms with Gasteiger partial charge in [-0.3, -0.25) is 0 Å². The number of nitrogens with one attached hydrogen (secondary N) is 4. The number of aryl methyl sites for hydroxylation is 2. The van der Waals surface area contributed by atoms with Gasteiger partial charge in [0.05, 0.1) is 0 Å². The minimum Gasteiger partial charge on any atom is -0.480 e. The number of carboxylic acids is 1. The monoisotopic (exact) mass is 398 g/mol. The molecule has 8 heteroatoms. The van der Waals surface area contributed by atoms with Crippen molar-refractivity contribution in [3.05, 3.63) is 59.7 Å². The highest BCUT2D eigenvalue weighted by molar-refractivity contribution is 5.92. The number of anilines is 2. The molecule has 4 amide bonds. The Bertz CT molecular complexity index is 869. The van der Waals surface area contributed by atoms with Gasteiger partial charge in [0.25, 0.3) is 0 Å². The van der Waals surface area contributed by atoms with Crippen molar-refractivity contribution in [1.82, 2.24) is 10.6 Å². The minimum absolute atomic E-state index is 0.182. The van der Waals surface area contributed by atoms with E-state index in [0.717, 1.165) is 11.1 Å². The van der Waals surface area contributed by atoms with Crippen LogP contribution in [0.3, 0.4) is 0 Å². The van der Waals surface area contributed by atoms with Gasteiger partial charge >= 0.3 is 18.0 Å². The Morgan fingerprint density at radius 3 is 1.97 bits per heavy atom. The first kappa shape index (κ1) is 21.7. The van der Waals surface area contributed by atoms with Crippen LogP contribution < -0.4 is 21.3 Å². The number of hydrogen-bond donors (Lipinski definition) is 5. The number of amides is 4. The Morgan fingerprint density at radius 2 is 1.45 bits per heavy atom. The van der Waals surface area contributed by atoms with Gasteiger partial charge in [0.2, 0.25) is 0 Å². The number of rotatable bonds is 8. The third kappa shape index (κ3) is 7.92. The van der Waals surface area contributed by atoms with Crippen LogP contribution in [0.15, 0.2) is 48.5 Å². The molecule has 154 valence electrons.